The Labute approximate surface area is 81.1 Å². The van der Waals surface area contributed by atoms with E-state index in [1.54, 1.807) is 4.98 Å². The molecule has 1 aromatic heterocycles. The molecule has 1 rings (SSSR count). The molecule has 0 bridgehead atoms. The summed E-state index contributed by atoms with van der Waals surface area (Å²) in [5.41, 5.74) is -2.60. The van der Waals surface area contributed by atoms with E-state index in [-0.39, 0.29) is 0 Å². The van der Waals surface area contributed by atoms with Crippen molar-refractivity contribution in [3.8, 4) is 5.75 Å². The van der Waals surface area contributed by atoms with Gasteiger partial charge >= 0.3 is 0 Å². The Kier molecular flexibility index (Phi) is 2.85. The van der Waals surface area contributed by atoms with Crippen molar-refractivity contribution in [3.63, 3.8) is 0 Å². The van der Waals surface area contributed by atoms with Crippen LogP contribution in [0, 0.1) is 0 Å². The lowest BCUT2D eigenvalue weighted by molar-refractivity contribution is 0.106. The topological polar surface area (TPSA) is 70.2 Å². The highest BCUT2D eigenvalue weighted by molar-refractivity contribution is 6.67. The Morgan fingerprint density at radius 3 is 2.57 bits per heavy atom. The highest BCUT2D eigenvalue weighted by Gasteiger charge is 2.19. The predicted molar refractivity (Wildman–Crippen MR) is 43.9 cm³/mol. The smallest absolute Gasteiger partial charge is 0.290 e. The van der Waals surface area contributed by atoms with E-state index in [4.69, 9.17) is 16.7 Å². The first kappa shape index (κ1) is 10.6. The molecule has 0 spiro atoms. The van der Waals surface area contributed by atoms with Crippen LogP contribution in [-0.4, -0.2) is 15.3 Å². The summed E-state index contributed by atoms with van der Waals surface area (Å²) < 4.78 is 24.5. The van der Waals surface area contributed by atoms with Crippen LogP contribution >= 0.6 is 11.6 Å². The molecule has 4 nitrogen and oxygen atoms in total. The number of carbonyl (C=O) groups excluding carboxylic acids is 1. The lowest BCUT2D eigenvalue weighted by Crippen LogP contribution is -2.13. The highest BCUT2D eigenvalue weighted by Crippen LogP contribution is 2.22. The third-order valence-electron chi connectivity index (χ3n) is 1.48. The Hall–Kier alpha value is -1.43. The highest BCUT2D eigenvalue weighted by atomic mass is 35.5. The van der Waals surface area contributed by atoms with Crippen molar-refractivity contribution < 1.29 is 18.7 Å². The summed E-state index contributed by atoms with van der Waals surface area (Å²) in [6.07, 6.45) is -3.04. The Morgan fingerprint density at radius 2 is 2.14 bits per heavy atom. The zero-order valence-corrected chi connectivity index (χ0v) is 7.31. The fourth-order valence-electron chi connectivity index (χ4n) is 0.868. The van der Waals surface area contributed by atoms with Crippen molar-refractivity contribution in [2.75, 3.05) is 0 Å². The lowest BCUT2D eigenvalue weighted by atomic mass is 10.2. The van der Waals surface area contributed by atoms with Crippen LogP contribution in [0.4, 0.5) is 8.78 Å². The van der Waals surface area contributed by atoms with Gasteiger partial charge in [0.2, 0.25) is 0 Å². The van der Waals surface area contributed by atoms with Crippen molar-refractivity contribution in [2.45, 2.75) is 6.43 Å². The average molecular weight is 224 g/mol. The fourth-order valence-corrected chi connectivity index (χ4v) is 1.02. The van der Waals surface area contributed by atoms with E-state index in [0.29, 0.717) is 6.07 Å². The molecule has 2 N–H and O–H groups in total. The number of aromatic nitrogens is 1. The predicted octanol–water partition coefficient (Wildman–Crippen LogP) is 1.40. The summed E-state index contributed by atoms with van der Waals surface area (Å²) in [6.45, 7) is 0. The number of aromatic hydroxyl groups is 1. The number of hydrogen-bond donors (Lipinski definition) is 2. The van der Waals surface area contributed by atoms with Gasteiger partial charge in [-0.15, -0.1) is 0 Å². The van der Waals surface area contributed by atoms with Gasteiger partial charge in [0.1, 0.15) is 0 Å². The van der Waals surface area contributed by atoms with Gasteiger partial charge < -0.3 is 10.1 Å². The van der Waals surface area contributed by atoms with Crippen molar-refractivity contribution in [3.05, 3.63) is 27.7 Å². The molecule has 0 aliphatic carbocycles. The first-order valence-electron chi connectivity index (χ1n) is 3.37. The van der Waals surface area contributed by atoms with E-state index in [1.165, 1.54) is 0 Å². The summed E-state index contributed by atoms with van der Waals surface area (Å²) in [5, 5.41) is 7.68. The lowest BCUT2D eigenvalue weighted by Gasteiger charge is -2.04. The van der Waals surface area contributed by atoms with Crippen LogP contribution < -0.4 is 5.56 Å². The average Bonchev–Trinajstić information content (AvgIpc) is 2.08. The molecule has 76 valence electrons. The molecule has 1 aromatic rings. The summed E-state index contributed by atoms with van der Waals surface area (Å²) >= 11 is 4.97. The van der Waals surface area contributed by atoms with Gasteiger partial charge in [-0.05, 0) is 17.7 Å². The maximum atomic E-state index is 12.2. The Bertz CT molecular complexity index is 429. The summed E-state index contributed by atoms with van der Waals surface area (Å²) in [4.78, 5) is 23.0. The molecule has 0 amide bonds. The first-order valence-corrected chi connectivity index (χ1v) is 3.75. The van der Waals surface area contributed by atoms with E-state index in [0.717, 1.165) is 0 Å². The first-order chi connectivity index (χ1) is 6.43. The van der Waals surface area contributed by atoms with Gasteiger partial charge in [0, 0.05) is 0 Å². The number of nitrogens with one attached hydrogen (secondary N) is 1. The van der Waals surface area contributed by atoms with Crippen molar-refractivity contribution in [1.82, 2.24) is 4.98 Å². The largest absolute Gasteiger partial charge is 0.503 e. The van der Waals surface area contributed by atoms with Gasteiger partial charge in [0.15, 0.2) is 5.75 Å². The Balaban J connectivity index is 3.47. The standard InChI is InChI=1S/C7H4ClF2NO3/c8-5(13)2-1-3(12)7(14)11-4(2)6(9)10/h1,6,12H,(H,11,14). The molecule has 0 aliphatic rings. The summed E-state index contributed by atoms with van der Waals surface area (Å²) in [5.74, 6) is -0.835. The monoisotopic (exact) mass is 223 g/mol. The number of H-pyrrole nitrogens is 1. The van der Waals surface area contributed by atoms with Gasteiger partial charge in [0.05, 0.1) is 11.3 Å². The molecular weight excluding hydrogens is 220 g/mol. The molecule has 1 heterocycles. The molecule has 0 aromatic carbocycles. The minimum absolute atomic E-state index is 0.607. The minimum Gasteiger partial charge on any atom is -0.503 e. The quantitative estimate of drug-likeness (QED) is 0.745. The van der Waals surface area contributed by atoms with E-state index in [2.05, 4.69) is 0 Å². The number of pyridine rings is 1. The number of rotatable bonds is 2. The number of hydrogen-bond acceptors (Lipinski definition) is 3. The zero-order chi connectivity index (χ0) is 10.9. The molecule has 0 atom stereocenters. The molecule has 14 heavy (non-hydrogen) atoms. The van der Waals surface area contributed by atoms with Crippen molar-refractivity contribution in [2.24, 2.45) is 0 Å². The third-order valence-corrected chi connectivity index (χ3v) is 1.69. The van der Waals surface area contributed by atoms with Gasteiger partial charge in [0.25, 0.3) is 17.2 Å². The molecule has 7 heteroatoms. The van der Waals surface area contributed by atoms with Crippen LogP contribution in [0.3, 0.4) is 0 Å². The SMILES string of the molecule is O=C(Cl)c1cc(O)c(=O)[nH]c1C(F)F. The fraction of sp³-hybridized carbons (Fsp3) is 0.143. The van der Waals surface area contributed by atoms with Gasteiger partial charge in [-0.25, -0.2) is 8.78 Å². The summed E-state index contributed by atoms with van der Waals surface area (Å²) in [7, 11) is 0. The number of halogens is 3. The van der Waals surface area contributed by atoms with Gasteiger partial charge in [-0.2, -0.15) is 0 Å². The maximum Gasteiger partial charge on any atom is 0.290 e. The number of aromatic amines is 1. The van der Waals surface area contributed by atoms with Gasteiger partial charge in [-0.1, -0.05) is 0 Å². The third kappa shape index (κ3) is 1.90. The van der Waals surface area contributed by atoms with Crippen LogP contribution in [0.1, 0.15) is 22.5 Å². The second kappa shape index (κ2) is 3.75. The maximum absolute atomic E-state index is 12.2. The zero-order valence-electron chi connectivity index (χ0n) is 6.55. The minimum atomic E-state index is -3.04. The second-order valence-electron chi connectivity index (χ2n) is 2.39. The van der Waals surface area contributed by atoms with Crippen LogP contribution in [0.5, 0.6) is 5.75 Å². The second-order valence-corrected chi connectivity index (χ2v) is 2.73. The van der Waals surface area contributed by atoms with E-state index in [9.17, 15) is 18.4 Å². The van der Waals surface area contributed by atoms with Crippen molar-refractivity contribution in [1.29, 1.82) is 0 Å². The van der Waals surface area contributed by atoms with E-state index >= 15 is 0 Å². The summed E-state index contributed by atoms with van der Waals surface area (Å²) in [6, 6.07) is 0.607. The van der Waals surface area contributed by atoms with E-state index < -0.39 is 34.2 Å². The molecule has 0 aliphatic heterocycles. The Morgan fingerprint density at radius 1 is 1.57 bits per heavy atom. The van der Waals surface area contributed by atoms with Crippen LogP contribution in [-0.2, 0) is 0 Å². The molecular formula is C7H4ClF2NO3. The van der Waals surface area contributed by atoms with Crippen LogP contribution in [0.2, 0.25) is 0 Å². The molecule has 0 unspecified atom stereocenters. The number of carbonyl (C=O) groups is 1. The van der Waals surface area contributed by atoms with E-state index in [1.807, 2.05) is 0 Å². The number of alkyl halides is 2. The molecule has 0 saturated carbocycles. The molecule has 0 radical (unpaired) electrons. The molecule has 0 saturated heterocycles. The van der Waals surface area contributed by atoms with Crippen LogP contribution in [0.15, 0.2) is 10.9 Å². The molecule has 0 fully saturated rings. The van der Waals surface area contributed by atoms with Crippen LogP contribution in [0.25, 0.3) is 0 Å². The van der Waals surface area contributed by atoms with Crippen molar-refractivity contribution >= 4 is 16.8 Å². The normalized spacial score (nSPS) is 10.6. The van der Waals surface area contributed by atoms with Gasteiger partial charge in [-0.3, -0.25) is 9.59 Å².